The maximum Gasteiger partial charge on any atom is 0.417 e. The van der Waals surface area contributed by atoms with E-state index in [4.69, 9.17) is 10.5 Å². The van der Waals surface area contributed by atoms with Crippen molar-refractivity contribution in [1.29, 1.82) is 10.5 Å². The van der Waals surface area contributed by atoms with E-state index in [9.17, 15) is 31.1 Å². The molecule has 0 radical (unpaired) electrons. The monoisotopic (exact) mass is 434 g/mol. The maximum atomic E-state index is 13.2. The number of anilines is 1. The van der Waals surface area contributed by atoms with Gasteiger partial charge in [-0.15, -0.1) is 0 Å². The van der Waals surface area contributed by atoms with Crippen LogP contribution in [-0.2, 0) is 11.0 Å². The van der Waals surface area contributed by atoms with Gasteiger partial charge in [0.05, 0.1) is 23.3 Å². The van der Waals surface area contributed by atoms with Crippen molar-refractivity contribution in [1.82, 2.24) is 4.90 Å². The summed E-state index contributed by atoms with van der Waals surface area (Å²) in [6.45, 7) is 1.05. The number of amides is 1. The first kappa shape index (κ1) is 25.1. The molecule has 0 saturated carbocycles. The van der Waals surface area contributed by atoms with Gasteiger partial charge in [0.1, 0.15) is 19.1 Å². The van der Waals surface area contributed by atoms with Crippen molar-refractivity contribution < 1.29 is 31.1 Å². The van der Waals surface area contributed by atoms with Crippen LogP contribution in [0.1, 0.15) is 37.8 Å². The second kappa shape index (κ2) is 10.2. The fourth-order valence-electron chi connectivity index (χ4n) is 2.79. The van der Waals surface area contributed by atoms with Crippen molar-refractivity contribution in [2.75, 3.05) is 24.5 Å². The molecule has 1 amide bonds. The number of rotatable bonds is 8. The zero-order chi connectivity index (χ0) is 23.1. The van der Waals surface area contributed by atoms with E-state index in [2.05, 4.69) is 0 Å². The molecule has 0 aliphatic heterocycles. The normalized spacial score (nSPS) is 12.6. The SMILES string of the molecule is CCCCN(CC#N)C(=O)C(C)N(CC(F)(F)F)c1ccc(C#N)c(C(F)(F)F)c1. The number of hydrogen-bond donors (Lipinski definition) is 0. The summed E-state index contributed by atoms with van der Waals surface area (Å²) in [5.41, 5.74) is -2.65. The molecule has 1 unspecified atom stereocenters. The van der Waals surface area contributed by atoms with Crippen LogP contribution in [0.15, 0.2) is 18.2 Å². The number of hydrogen-bond acceptors (Lipinski definition) is 4. The molecule has 1 aromatic carbocycles. The summed E-state index contributed by atoms with van der Waals surface area (Å²) in [6.07, 6.45) is -8.61. The van der Waals surface area contributed by atoms with Crippen LogP contribution < -0.4 is 4.90 Å². The fourth-order valence-corrected chi connectivity index (χ4v) is 2.79. The van der Waals surface area contributed by atoms with Crippen LogP contribution in [0, 0.1) is 22.7 Å². The number of carbonyl (C=O) groups excluding carboxylic acids is 1. The lowest BCUT2D eigenvalue weighted by Crippen LogP contribution is -2.50. The van der Waals surface area contributed by atoms with E-state index in [1.165, 1.54) is 6.07 Å². The Morgan fingerprint density at radius 1 is 1.17 bits per heavy atom. The third kappa shape index (κ3) is 6.83. The minimum atomic E-state index is -4.97. The summed E-state index contributed by atoms with van der Waals surface area (Å²) in [7, 11) is 0. The third-order valence-corrected chi connectivity index (χ3v) is 4.29. The van der Waals surface area contributed by atoms with Crippen molar-refractivity contribution in [2.45, 2.75) is 45.1 Å². The Labute approximate surface area is 170 Å². The van der Waals surface area contributed by atoms with Crippen LogP contribution in [0.5, 0.6) is 0 Å². The van der Waals surface area contributed by atoms with Gasteiger partial charge < -0.3 is 9.80 Å². The van der Waals surface area contributed by atoms with E-state index in [1.807, 2.05) is 6.92 Å². The summed E-state index contributed by atoms with van der Waals surface area (Å²) in [5.74, 6) is -0.813. The Kier molecular flexibility index (Phi) is 8.52. The molecule has 11 heteroatoms. The van der Waals surface area contributed by atoms with E-state index in [-0.39, 0.29) is 13.1 Å². The molecule has 0 saturated heterocycles. The highest BCUT2D eigenvalue weighted by Gasteiger charge is 2.38. The molecule has 164 valence electrons. The van der Waals surface area contributed by atoms with Crippen LogP contribution in [0.25, 0.3) is 0 Å². The molecule has 0 bridgehead atoms. The minimum absolute atomic E-state index is 0.133. The van der Waals surface area contributed by atoms with E-state index < -0.39 is 47.7 Å². The summed E-state index contributed by atoms with van der Waals surface area (Å²) in [6, 6.07) is 3.75. The predicted molar refractivity (Wildman–Crippen MR) is 96.1 cm³/mol. The van der Waals surface area contributed by atoms with Gasteiger partial charge in [-0.2, -0.15) is 36.9 Å². The largest absolute Gasteiger partial charge is 0.417 e. The van der Waals surface area contributed by atoms with Crippen LogP contribution in [0.2, 0.25) is 0 Å². The summed E-state index contributed by atoms with van der Waals surface area (Å²) >= 11 is 0. The first-order chi connectivity index (χ1) is 13.9. The van der Waals surface area contributed by atoms with E-state index in [1.54, 1.807) is 6.07 Å². The Hall–Kier alpha value is -2.95. The number of benzene rings is 1. The smallest absolute Gasteiger partial charge is 0.351 e. The zero-order valence-corrected chi connectivity index (χ0v) is 16.3. The van der Waals surface area contributed by atoms with Crippen molar-refractivity contribution in [2.24, 2.45) is 0 Å². The average Bonchev–Trinajstić information content (AvgIpc) is 2.66. The van der Waals surface area contributed by atoms with Crippen LogP contribution in [0.3, 0.4) is 0 Å². The van der Waals surface area contributed by atoms with Crippen LogP contribution >= 0.6 is 0 Å². The average molecular weight is 434 g/mol. The summed E-state index contributed by atoms with van der Waals surface area (Å²) in [5, 5.41) is 17.8. The first-order valence-corrected chi connectivity index (χ1v) is 8.96. The molecule has 0 N–H and O–H groups in total. The standard InChI is InChI=1S/C19H20F6N4O/c1-3-4-8-28(9-7-26)17(30)13(2)29(12-18(20,21)22)15-6-5-14(11-27)16(10-15)19(23,24)25/h5-6,10,13H,3-4,8-9,12H2,1-2H3. The molecule has 0 aliphatic rings. The van der Waals surface area contributed by atoms with Crippen molar-refractivity contribution >= 4 is 11.6 Å². The van der Waals surface area contributed by atoms with Crippen LogP contribution in [-0.4, -0.2) is 42.7 Å². The molecule has 5 nitrogen and oxygen atoms in total. The number of nitrogens with zero attached hydrogens (tertiary/aromatic N) is 4. The topological polar surface area (TPSA) is 71.1 Å². The molecule has 0 fully saturated rings. The molecular weight excluding hydrogens is 414 g/mol. The quantitative estimate of drug-likeness (QED) is 0.447. The Balaban J connectivity index is 3.42. The molecule has 1 rings (SSSR count). The molecule has 0 aromatic heterocycles. The molecule has 0 aliphatic carbocycles. The number of carbonyl (C=O) groups is 1. The highest BCUT2D eigenvalue weighted by molar-refractivity contribution is 5.85. The van der Waals surface area contributed by atoms with Crippen molar-refractivity contribution in [3.05, 3.63) is 29.3 Å². The Morgan fingerprint density at radius 3 is 2.27 bits per heavy atom. The van der Waals surface area contributed by atoms with Gasteiger partial charge in [-0.05, 0) is 31.5 Å². The molecule has 30 heavy (non-hydrogen) atoms. The van der Waals surface area contributed by atoms with Gasteiger partial charge in [0.25, 0.3) is 0 Å². The lowest BCUT2D eigenvalue weighted by Gasteiger charge is -2.34. The lowest BCUT2D eigenvalue weighted by atomic mass is 10.1. The number of alkyl halides is 6. The van der Waals surface area contributed by atoms with E-state index in [0.29, 0.717) is 23.8 Å². The molecule has 1 atom stereocenters. The second-order valence-electron chi connectivity index (χ2n) is 6.53. The highest BCUT2D eigenvalue weighted by atomic mass is 19.4. The lowest BCUT2D eigenvalue weighted by molar-refractivity contribution is -0.137. The predicted octanol–water partition coefficient (Wildman–Crippen LogP) is 4.49. The van der Waals surface area contributed by atoms with Gasteiger partial charge in [0.2, 0.25) is 5.91 Å². The van der Waals surface area contributed by atoms with Crippen LogP contribution in [0.4, 0.5) is 32.0 Å². The molecule has 0 spiro atoms. The Bertz CT molecular complexity index is 822. The number of unbranched alkanes of at least 4 members (excludes halogenated alkanes) is 1. The first-order valence-electron chi connectivity index (χ1n) is 8.96. The summed E-state index contributed by atoms with van der Waals surface area (Å²) < 4.78 is 79.2. The fraction of sp³-hybridized carbons (Fsp3) is 0.526. The van der Waals surface area contributed by atoms with Crippen molar-refractivity contribution in [3.63, 3.8) is 0 Å². The Morgan fingerprint density at radius 2 is 1.80 bits per heavy atom. The summed E-state index contributed by atoms with van der Waals surface area (Å²) in [4.78, 5) is 14.3. The van der Waals surface area contributed by atoms with E-state index in [0.717, 1.165) is 24.0 Å². The maximum absolute atomic E-state index is 13.2. The number of halogens is 6. The molecule has 1 aromatic rings. The van der Waals surface area contributed by atoms with E-state index >= 15 is 0 Å². The molecule has 0 heterocycles. The van der Waals surface area contributed by atoms with Gasteiger partial charge in [0.15, 0.2) is 0 Å². The third-order valence-electron chi connectivity index (χ3n) is 4.29. The van der Waals surface area contributed by atoms with Gasteiger partial charge >= 0.3 is 12.4 Å². The van der Waals surface area contributed by atoms with Gasteiger partial charge in [-0.1, -0.05) is 13.3 Å². The highest BCUT2D eigenvalue weighted by Crippen LogP contribution is 2.35. The zero-order valence-electron chi connectivity index (χ0n) is 16.3. The van der Waals surface area contributed by atoms with Gasteiger partial charge in [0, 0.05) is 12.2 Å². The van der Waals surface area contributed by atoms with Gasteiger partial charge in [-0.3, -0.25) is 4.79 Å². The number of nitriles is 2. The van der Waals surface area contributed by atoms with Gasteiger partial charge in [-0.25, -0.2) is 0 Å². The molecular formula is C19H20F6N4O. The van der Waals surface area contributed by atoms with Crippen molar-refractivity contribution in [3.8, 4) is 12.1 Å². The second-order valence-corrected chi connectivity index (χ2v) is 6.53. The minimum Gasteiger partial charge on any atom is -0.351 e.